The summed E-state index contributed by atoms with van der Waals surface area (Å²) in [6.07, 6.45) is 18.7. The maximum absolute atomic E-state index is 3.85. The first-order valence-corrected chi connectivity index (χ1v) is 20.2. The highest BCUT2D eigenvalue weighted by Crippen LogP contribution is 2.57. The molecular formula is C44H48N2P2. The van der Waals surface area contributed by atoms with Crippen molar-refractivity contribution < 1.29 is 0 Å². The first kappa shape index (κ1) is 35.5. The van der Waals surface area contributed by atoms with Crippen LogP contribution in [0.2, 0.25) is 0 Å². The molecule has 4 aromatic carbocycles. The number of hydrogen-bond donors (Lipinski definition) is 2. The third kappa shape index (κ3) is 9.25. The summed E-state index contributed by atoms with van der Waals surface area (Å²) in [7, 11) is -1.17. The summed E-state index contributed by atoms with van der Waals surface area (Å²) in [6, 6.07) is 44.7. The minimum absolute atomic E-state index is 0.325. The van der Waals surface area contributed by atoms with E-state index in [1.54, 1.807) is 0 Å². The normalized spacial score (nSPS) is 17.8. The van der Waals surface area contributed by atoms with E-state index < -0.39 is 15.8 Å². The van der Waals surface area contributed by atoms with Crippen LogP contribution in [-0.2, 0) is 0 Å². The molecule has 10 radical (unpaired) electrons. The molecule has 0 unspecified atom stereocenters. The molecule has 0 spiro atoms. The summed E-state index contributed by atoms with van der Waals surface area (Å²) in [4.78, 5) is 0. The van der Waals surface area contributed by atoms with E-state index >= 15 is 0 Å². The molecule has 0 amide bonds. The molecule has 4 heteroatoms. The van der Waals surface area contributed by atoms with Gasteiger partial charge in [-0.3, -0.25) is 0 Å². The first-order chi connectivity index (χ1) is 23.7. The van der Waals surface area contributed by atoms with Gasteiger partial charge in [0.25, 0.3) is 0 Å². The highest BCUT2D eigenvalue weighted by atomic mass is 31.1. The maximum Gasteiger partial charge on any atom is 0.0211 e. The van der Waals surface area contributed by atoms with Gasteiger partial charge in [0, 0.05) is 35.2 Å². The molecule has 2 aliphatic rings. The minimum atomic E-state index is -0.586. The average Bonchev–Trinajstić information content (AvgIpc) is 3.82. The molecule has 0 aromatic heterocycles. The van der Waals surface area contributed by atoms with Crippen molar-refractivity contribution in [3.8, 4) is 0 Å². The molecule has 0 heterocycles. The summed E-state index contributed by atoms with van der Waals surface area (Å²) in [5.74, 6) is 2.86. The fraction of sp³-hybridized carbons (Fsp3) is 0.227. The molecule has 2 aliphatic carbocycles. The van der Waals surface area contributed by atoms with Gasteiger partial charge in [0.05, 0.1) is 0 Å². The largest absolute Gasteiger partial charge is 0.314 e. The summed E-state index contributed by atoms with van der Waals surface area (Å²) in [5.41, 5.74) is 2.94. The van der Waals surface area contributed by atoms with Crippen LogP contribution in [0.15, 0.2) is 121 Å². The Labute approximate surface area is 294 Å². The third-order valence-corrected chi connectivity index (χ3v) is 14.2. The molecule has 2 saturated carbocycles. The molecular weight excluding hydrogens is 618 g/mol. The molecule has 48 heavy (non-hydrogen) atoms. The van der Waals surface area contributed by atoms with E-state index in [0.29, 0.717) is 12.1 Å². The van der Waals surface area contributed by atoms with E-state index in [-0.39, 0.29) is 0 Å². The lowest BCUT2D eigenvalue weighted by molar-refractivity contribution is 0.513. The zero-order valence-electron chi connectivity index (χ0n) is 28.3. The predicted molar refractivity (Wildman–Crippen MR) is 210 cm³/mol. The van der Waals surface area contributed by atoms with Crippen molar-refractivity contribution in [3.05, 3.63) is 183 Å². The van der Waals surface area contributed by atoms with Crippen molar-refractivity contribution in [3.63, 3.8) is 0 Å². The molecule has 2 fully saturated rings. The Morgan fingerprint density at radius 3 is 1.04 bits per heavy atom. The highest BCUT2D eigenvalue weighted by molar-refractivity contribution is 7.76. The van der Waals surface area contributed by atoms with Gasteiger partial charge < -0.3 is 10.6 Å². The maximum atomic E-state index is 3.85. The van der Waals surface area contributed by atoms with E-state index in [0.717, 1.165) is 13.1 Å². The Morgan fingerprint density at radius 2 is 0.729 bits per heavy atom. The zero-order chi connectivity index (χ0) is 33.0. The van der Waals surface area contributed by atoms with Crippen LogP contribution in [0, 0.1) is 61.7 Å². The van der Waals surface area contributed by atoms with Crippen LogP contribution in [0.1, 0.15) is 39.5 Å². The molecule has 2 atom stereocenters. The van der Waals surface area contributed by atoms with E-state index in [4.69, 9.17) is 0 Å². The molecule has 0 bridgehead atoms. The van der Waals surface area contributed by atoms with Gasteiger partial charge in [0.1, 0.15) is 0 Å². The molecule has 0 aliphatic heterocycles. The number of unbranched alkanes of at least 4 members (excludes halogenated alkanes) is 3. The van der Waals surface area contributed by atoms with Gasteiger partial charge in [-0.15, -0.1) is 0 Å². The van der Waals surface area contributed by atoms with Gasteiger partial charge in [-0.05, 0) is 115 Å². The molecule has 6 rings (SSSR count). The van der Waals surface area contributed by atoms with Crippen LogP contribution in [0.4, 0.5) is 0 Å². The number of hydrogen-bond acceptors (Lipinski definition) is 2. The van der Waals surface area contributed by atoms with Crippen molar-refractivity contribution >= 4 is 37.1 Å². The second kappa shape index (κ2) is 18.6. The second-order valence-electron chi connectivity index (χ2n) is 12.5. The van der Waals surface area contributed by atoms with Crippen LogP contribution in [-0.4, -0.2) is 25.2 Å². The smallest absolute Gasteiger partial charge is 0.0211 e. The summed E-state index contributed by atoms with van der Waals surface area (Å²) >= 11 is 0. The number of rotatable bonds is 17. The standard InChI is InChI=1S/C44H48N2P2/c1-35(41-29-19-31-43(41)47(37-21-9-5-10-22-37)38-23-11-6-12-24-38)45-33-17-3-4-18-34-46-36(2)42-30-20-32-44(42)48(39-25-13-7-14-26-39)40-27-15-8-16-28-40/h5-16,19-32,35-36,45-46H,3-4,17-18,33-34H2,1-2H3/t35-,36-/m0/s1. The average molecular weight is 667 g/mol. The SMILES string of the molecule is C[C@H](NCCCCCCN[C@@H](C)[C]1[CH][CH][CH][C]1P(c1ccccc1)c1ccccc1)[C]1[CH][CH][CH][C]1P(c1ccccc1)c1ccccc1. The Hall–Kier alpha value is -2.34. The van der Waals surface area contributed by atoms with Crippen molar-refractivity contribution in [2.24, 2.45) is 0 Å². The van der Waals surface area contributed by atoms with Crippen LogP contribution in [0.5, 0.6) is 0 Å². The fourth-order valence-electron chi connectivity index (χ4n) is 6.61. The lowest BCUT2D eigenvalue weighted by atomic mass is 9.99. The van der Waals surface area contributed by atoms with Crippen LogP contribution in [0.3, 0.4) is 0 Å². The molecule has 0 saturated heterocycles. The van der Waals surface area contributed by atoms with Crippen LogP contribution in [0.25, 0.3) is 0 Å². The van der Waals surface area contributed by atoms with Crippen molar-refractivity contribution in [1.29, 1.82) is 0 Å². The fourth-order valence-corrected chi connectivity index (χ4v) is 11.7. The van der Waals surface area contributed by atoms with Crippen LogP contribution < -0.4 is 31.9 Å². The van der Waals surface area contributed by atoms with E-state index in [9.17, 15) is 0 Å². The first-order valence-electron chi connectivity index (χ1n) is 17.5. The van der Waals surface area contributed by atoms with Gasteiger partial charge in [0.2, 0.25) is 0 Å². The van der Waals surface area contributed by atoms with Crippen molar-refractivity contribution in [2.45, 2.75) is 51.6 Å². The monoisotopic (exact) mass is 666 g/mol. The van der Waals surface area contributed by atoms with E-state index in [2.05, 4.69) is 184 Å². The summed E-state index contributed by atoms with van der Waals surface area (Å²) < 4.78 is 0. The van der Waals surface area contributed by atoms with Gasteiger partial charge in [-0.25, -0.2) is 0 Å². The Bertz CT molecular complexity index is 1260. The Balaban J connectivity index is 0.930. The molecule has 2 nitrogen and oxygen atoms in total. The Kier molecular flexibility index (Phi) is 13.7. The summed E-state index contributed by atoms with van der Waals surface area (Å²) in [6.45, 7) is 6.74. The third-order valence-electron chi connectivity index (χ3n) is 9.13. The quantitative estimate of drug-likeness (QED) is 0.0877. The van der Waals surface area contributed by atoms with Gasteiger partial charge in [0.15, 0.2) is 0 Å². The Morgan fingerprint density at radius 1 is 0.417 bits per heavy atom. The summed E-state index contributed by atoms with van der Waals surface area (Å²) in [5, 5.41) is 13.3. The van der Waals surface area contributed by atoms with E-state index in [1.165, 1.54) is 70.1 Å². The second-order valence-corrected chi connectivity index (χ2v) is 16.9. The van der Waals surface area contributed by atoms with E-state index in [1.807, 2.05) is 0 Å². The topological polar surface area (TPSA) is 24.1 Å². The molecule has 244 valence electrons. The molecule has 4 aromatic rings. The van der Waals surface area contributed by atoms with Gasteiger partial charge in [-0.1, -0.05) is 134 Å². The van der Waals surface area contributed by atoms with Gasteiger partial charge in [-0.2, -0.15) is 0 Å². The zero-order valence-corrected chi connectivity index (χ0v) is 30.1. The molecule has 2 N–H and O–H groups in total. The highest BCUT2D eigenvalue weighted by Gasteiger charge is 2.40. The van der Waals surface area contributed by atoms with Gasteiger partial charge >= 0.3 is 0 Å². The van der Waals surface area contributed by atoms with Crippen molar-refractivity contribution in [1.82, 2.24) is 10.6 Å². The predicted octanol–water partition coefficient (Wildman–Crippen LogP) is 8.23. The van der Waals surface area contributed by atoms with Crippen LogP contribution >= 0.6 is 15.8 Å². The number of nitrogens with one attached hydrogen (secondary N) is 2. The number of benzene rings is 4. The van der Waals surface area contributed by atoms with Crippen molar-refractivity contribution in [2.75, 3.05) is 13.1 Å². The lowest BCUT2D eigenvalue weighted by Gasteiger charge is -2.32. The minimum Gasteiger partial charge on any atom is -0.314 e. The lowest BCUT2D eigenvalue weighted by Crippen LogP contribution is -2.35.